The number of halogens is 2. The molecule has 0 bridgehead atoms. The summed E-state index contributed by atoms with van der Waals surface area (Å²) < 4.78 is 7.23. The molecule has 1 unspecified atom stereocenters. The van der Waals surface area contributed by atoms with Crippen LogP contribution < -0.4 is 4.74 Å². The SMILES string of the molecule is COc1ccc(C(O)Cc2ccc(I)cc2)cc1Br. The lowest BCUT2D eigenvalue weighted by molar-refractivity contribution is 0.178. The molecule has 0 saturated heterocycles. The molecule has 1 N–H and O–H groups in total. The van der Waals surface area contributed by atoms with Crippen LogP contribution in [-0.2, 0) is 6.42 Å². The minimum atomic E-state index is -0.512. The molecule has 0 radical (unpaired) electrons. The number of aliphatic hydroxyl groups is 1. The third-order valence-corrected chi connectivity index (χ3v) is 4.24. The van der Waals surface area contributed by atoms with E-state index in [-0.39, 0.29) is 0 Å². The fourth-order valence-electron chi connectivity index (χ4n) is 1.85. The Morgan fingerprint density at radius 1 is 1.21 bits per heavy atom. The number of ether oxygens (including phenoxy) is 1. The number of aliphatic hydroxyl groups excluding tert-OH is 1. The van der Waals surface area contributed by atoms with Crippen LogP contribution in [0, 0.1) is 3.57 Å². The van der Waals surface area contributed by atoms with Crippen molar-refractivity contribution in [2.45, 2.75) is 12.5 Å². The number of hydrogen-bond donors (Lipinski definition) is 1. The van der Waals surface area contributed by atoms with Gasteiger partial charge < -0.3 is 9.84 Å². The van der Waals surface area contributed by atoms with Crippen LogP contribution in [0.1, 0.15) is 17.2 Å². The van der Waals surface area contributed by atoms with Crippen LogP contribution >= 0.6 is 38.5 Å². The van der Waals surface area contributed by atoms with Crippen LogP contribution in [-0.4, -0.2) is 12.2 Å². The molecule has 4 heteroatoms. The third-order valence-electron chi connectivity index (χ3n) is 2.90. The van der Waals surface area contributed by atoms with Gasteiger partial charge in [-0.05, 0) is 73.9 Å². The summed E-state index contributed by atoms with van der Waals surface area (Å²) in [7, 11) is 1.63. The summed E-state index contributed by atoms with van der Waals surface area (Å²) in [4.78, 5) is 0. The van der Waals surface area contributed by atoms with E-state index in [2.05, 4.69) is 38.5 Å². The summed E-state index contributed by atoms with van der Waals surface area (Å²) in [5.41, 5.74) is 2.01. The Kier molecular flexibility index (Phi) is 5.24. The molecule has 2 rings (SSSR count). The van der Waals surface area contributed by atoms with Crippen molar-refractivity contribution in [3.63, 3.8) is 0 Å². The highest BCUT2D eigenvalue weighted by molar-refractivity contribution is 14.1. The molecule has 0 aromatic heterocycles. The van der Waals surface area contributed by atoms with Crippen molar-refractivity contribution >= 4 is 38.5 Å². The maximum Gasteiger partial charge on any atom is 0.133 e. The van der Waals surface area contributed by atoms with E-state index in [9.17, 15) is 5.11 Å². The molecule has 2 aromatic rings. The smallest absolute Gasteiger partial charge is 0.133 e. The molecule has 19 heavy (non-hydrogen) atoms. The zero-order valence-corrected chi connectivity index (χ0v) is 14.2. The average molecular weight is 433 g/mol. The van der Waals surface area contributed by atoms with E-state index in [1.807, 2.05) is 42.5 Å². The van der Waals surface area contributed by atoms with E-state index in [0.29, 0.717) is 6.42 Å². The molecule has 0 spiro atoms. The van der Waals surface area contributed by atoms with Gasteiger partial charge in [0.25, 0.3) is 0 Å². The lowest BCUT2D eigenvalue weighted by Crippen LogP contribution is -2.02. The molecular formula is C15H14BrIO2. The Bertz CT molecular complexity index is 555. The van der Waals surface area contributed by atoms with Gasteiger partial charge in [0.15, 0.2) is 0 Å². The largest absolute Gasteiger partial charge is 0.496 e. The van der Waals surface area contributed by atoms with Crippen LogP contribution in [0.3, 0.4) is 0 Å². The molecule has 1 atom stereocenters. The van der Waals surface area contributed by atoms with Gasteiger partial charge in [-0.1, -0.05) is 18.2 Å². The second-order valence-corrected chi connectivity index (χ2v) is 6.34. The Balaban J connectivity index is 2.13. The summed E-state index contributed by atoms with van der Waals surface area (Å²) in [6.07, 6.45) is 0.0950. The number of rotatable bonds is 4. The van der Waals surface area contributed by atoms with E-state index in [1.54, 1.807) is 7.11 Å². The van der Waals surface area contributed by atoms with Crippen molar-refractivity contribution in [1.29, 1.82) is 0 Å². The van der Waals surface area contributed by atoms with E-state index >= 15 is 0 Å². The van der Waals surface area contributed by atoms with Crippen molar-refractivity contribution in [3.05, 3.63) is 61.6 Å². The quantitative estimate of drug-likeness (QED) is 0.728. The lowest BCUT2D eigenvalue weighted by atomic mass is 10.0. The molecule has 0 amide bonds. The molecule has 0 aliphatic heterocycles. The van der Waals surface area contributed by atoms with Crippen molar-refractivity contribution in [2.75, 3.05) is 7.11 Å². The molecule has 0 aliphatic rings. The summed E-state index contributed by atoms with van der Waals surface area (Å²) >= 11 is 5.70. The molecule has 100 valence electrons. The van der Waals surface area contributed by atoms with Crippen molar-refractivity contribution in [1.82, 2.24) is 0 Å². The van der Waals surface area contributed by atoms with Gasteiger partial charge in [-0.25, -0.2) is 0 Å². The third kappa shape index (κ3) is 3.94. The number of methoxy groups -OCH3 is 1. The van der Waals surface area contributed by atoms with Gasteiger partial charge in [-0.2, -0.15) is 0 Å². The topological polar surface area (TPSA) is 29.5 Å². The van der Waals surface area contributed by atoms with Gasteiger partial charge in [0.1, 0.15) is 5.75 Å². The normalized spacial score (nSPS) is 12.2. The van der Waals surface area contributed by atoms with E-state index in [0.717, 1.165) is 21.3 Å². The second-order valence-electron chi connectivity index (χ2n) is 4.24. The van der Waals surface area contributed by atoms with Gasteiger partial charge in [0, 0.05) is 9.99 Å². The van der Waals surface area contributed by atoms with Gasteiger partial charge in [-0.3, -0.25) is 0 Å². The highest BCUT2D eigenvalue weighted by Crippen LogP contribution is 2.29. The monoisotopic (exact) mass is 432 g/mol. The predicted octanol–water partition coefficient (Wildman–Crippen LogP) is 4.34. The minimum absolute atomic E-state index is 0.512. The Hall–Kier alpha value is -0.590. The number of hydrogen-bond acceptors (Lipinski definition) is 2. The summed E-state index contributed by atoms with van der Waals surface area (Å²) in [5, 5.41) is 10.3. The standard InChI is InChI=1S/C15H14BrIO2/c1-19-15-7-4-11(9-13(15)16)14(18)8-10-2-5-12(17)6-3-10/h2-7,9,14,18H,8H2,1H3. The first kappa shape index (κ1) is 14.8. The van der Waals surface area contributed by atoms with Crippen molar-refractivity contribution < 1.29 is 9.84 Å². The van der Waals surface area contributed by atoms with Crippen LogP contribution in [0.4, 0.5) is 0 Å². The lowest BCUT2D eigenvalue weighted by Gasteiger charge is -2.13. The molecule has 0 heterocycles. The van der Waals surface area contributed by atoms with E-state index in [4.69, 9.17) is 4.74 Å². The minimum Gasteiger partial charge on any atom is -0.496 e. The van der Waals surface area contributed by atoms with Crippen molar-refractivity contribution in [2.24, 2.45) is 0 Å². The molecule has 0 fully saturated rings. The van der Waals surface area contributed by atoms with Crippen molar-refractivity contribution in [3.8, 4) is 5.75 Å². The fraction of sp³-hybridized carbons (Fsp3) is 0.200. The maximum atomic E-state index is 10.3. The maximum absolute atomic E-state index is 10.3. The Morgan fingerprint density at radius 2 is 1.89 bits per heavy atom. The Morgan fingerprint density at radius 3 is 2.47 bits per heavy atom. The van der Waals surface area contributed by atoms with Crippen LogP contribution in [0.15, 0.2) is 46.9 Å². The molecule has 0 aliphatic carbocycles. The number of benzene rings is 2. The second kappa shape index (κ2) is 6.72. The van der Waals surface area contributed by atoms with E-state index < -0.39 is 6.10 Å². The highest BCUT2D eigenvalue weighted by Gasteiger charge is 2.11. The first-order chi connectivity index (χ1) is 9.10. The molecular weight excluding hydrogens is 419 g/mol. The first-order valence-corrected chi connectivity index (χ1v) is 7.73. The summed E-state index contributed by atoms with van der Waals surface area (Å²) in [6, 6.07) is 13.8. The Labute approximate surface area is 135 Å². The van der Waals surface area contributed by atoms with Crippen LogP contribution in [0.5, 0.6) is 5.75 Å². The van der Waals surface area contributed by atoms with E-state index in [1.165, 1.54) is 3.57 Å². The predicted molar refractivity (Wildman–Crippen MR) is 88.5 cm³/mol. The molecule has 2 aromatic carbocycles. The van der Waals surface area contributed by atoms with Gasteiger partial charge in [0.2, 0.25) is 0 Å². The zero-order chi connectivity index (χ0) is 13.8. The highest BCUT2D eigenvalue weighted by atomic mass is 127. The van der Waals surface area contributed by atoms with Gasteiger partial charge in [-0.15, -0.1) is 0 Å². The average Bonchev–Trinajstić information content (AvgIpc) is 2.41. The summed E-state index contributed by atoms with van der Waals surface area (Å²) in [6.45, 7) is 0. The summed E-state index contributed by atoms with van der Waals surface area (Å²) in [5.74, 6) is 0.769. The van der Waals surface area contributed by atoms with Crippen LogP contribution in [0.25, 0.3) is 0 Å². The van der Waals surface area contributed by atoms with Crippen LogP contribution in [0.2, 0.25) is 0 Å². The molecule has 2 nitrogen and oxygen atoms in total. The van der Waals surface area contributed by atoms with Gasteiger partial charge in [0.05, 0.1) is 17.7 Å². The zero-order valence-electron chi connectivity index (χ0n) is 10.4. The first-order valence-electron chi connectivity index (χ1n) is 5.86. The van der Waals surface area contributed by atoms with Gasteiger partial charge >= 0.3 is 0 Å². The molecule has 0 saturated carbocycles. The fourth-order valence-corrected chi connectivity index (χ4v) is 2.77.